The smallest absolute Gasteiger partial charge is 0.253 e. The lowest BCUT2D eigenvalue weighted by Crippen LogP contribution is -2.48. The highest BCUT2D eigenvalue weighted by Gasteiger charge is 2.21. The molecule has 1 saturated heterocycles. The minimum atomic E-state index is -0.293. The molecule has 2 aromatic carbocycles. The van der Waals surface area contributed by atoms with Gasteiger partial charge in [0.05, 0.1) is 37.7 Å². The molecule has 0 bridgehead atoms. The zero-order valence-electron chi connectivity index (χ0n) is 19.6. The van der Waals surface area contributed by atoms with Gasteiger partial charge in [0.2, 0.25) is 5.91 Å². The number of anilines is 1. The van der Waals surface area contributed by atoms with E-state index in [0.717, 1.165) is 18.7 Å². The van der Waals surface area contributed by atoms with Crippen molar-refractivity contribution >= 4 is 17.5 Å². The number of carbonyl (C=O) groups excluding carboxylic acids is 2. The molecule has 1 aromatic heterocycles. The molecule has 35 heavy (non-hydrogen) atoms. The van der Waals surface area contributed by atoms with Crippen LogP contribution in [-0.4, -0.2) is 61.4 Å². The maximum atomic E-state index is 13.7. The Morgan fingerprint density at radius 1 is 1.03 bits per heavy atom. The standard InChI is InChI=1S/C26H29FN4O4/c1-34-24-9-8-20(27)15-19(24)17-30-10-12-31(13-11-30)18-25(32)29-23-7-3-2-6-22(23)26(33)28-16-21-5-4-14-35-21/h2-9,14-15H,10-13,16-18H2,1H3,(H,28,33)(H,29,32). The molecule has 0 saturated carbocycles. The summed E-state index contributed by atoms with van der Waals surface area (Å²) < 4.78 is 24.2. The molecular formula is C26H29FN4O4. The molecule has 3 aromatic rings. The van der Waals surface area contributed by atoms with E-state index >= 15 is 0 Å². The number of carbonyl (C=O) groups is 2. The number of halogens is 1. The molecule has 1 aliphatic heterocycles. The van der Waals surface area contributed by atoms with Crippen molar-refractivity contribution < 1.29 is 23.1 Å². The number of amides is 2. The number of rotatable bonds is 9. The molecule has 0 unspecified atom stereocenters. The van der Waals surface area contributed by atoms with Crippen LogP contribution in [0, 0.1) is 5.82 Å². The Hall–Kier alpha value is -3.69. The van der Waals surface area contributed by atoms with Crippen molar-refractivity contribution in [1.29, 1.82) is 0 Å². The van der Waals surface area contributed by atoms with Crippen LogP contribution >= 0.6 is 0 Å². The number of ether oxygens (including phenoxy) is 1. The van der Waals surface area contributed by atoms with Crippen LogP contribution in [-0.2, 0) is 17.9 Å². The Balaban J connectivity index is 1.27. The maximum absolute atomic E-state index is 13.7. The summed E-state index contributed by atoms with van der Waals surface area (Å²) in [5, 5.41) is 5.67. The minimum Gasteiger partial charge on any atom is -0.496 e. The zero-order valence-corrected chi connectivity index (χ0v) is 19.6. The van der Waals surface area contributed by atoms with Gasteiger partial charge in [0.1, 0.15) is 17.3 Å². The van der Waals surface area contributed by atoms with E-state index in [1.54, 1.807) is 55.8 Å². The fraction of sp³-hybridized carbons (Fsp3) is 0.308. The van der Waals surface area contributed by atoms with Crippen LogP contribution in [0.1, 0.15) is 21.7 Å². The first-order valence-electron chi connectivity index (χ1n) is 11.5. The monoisotopic (exact) mass is 480 g/mol. The first-order chi connectivity index (χ1) is 17.0. The molecule has 0 aliphatic carbocycles. The lowest BCUT2D eigenvalue weighted by atomic mass is 10.1. The van der Waals surface area contributed by atoms with Gasteiger partial charge in [-0.25, -0.2) is 4.39 Å². The predicted molar refractivity (Wildman–Crippen MR) is 130 cm³/mol. The van der Waals surface area contributed by atoms with Crippen molar-refractivity contribution in [3.05, 3.63) is 83.6 Å². The number of nitrogens with zero attached hydrogens (tertiary/aromatic N) is 2. The van der Waals surface area contributed by atoms with Gasteiger partial charge in [-0.1, -0.05) is 12.1 Å². The van der Waals surface area contributed by atoms with Gasteiger partial charge in [0, 0.05) is 38.3 Å². The van der Waals surface area contributed by atoms with E-state index in [4.69, 9.17) is 9.15 Å². The molecule has 2 amide bonds. The quantitative estimate of drug-likeness (QED) is 0.490. The van der Waals surface area contributed by atoms with Crippen LogP contribution in [0.4, 0.5) is 10.1 Å². The second kappa shape index (κ2) is 11.6. The van der Waals surface area contributed by atoms with Gasteiger partial charge in [-0.05, 0) is 42.5 Å². The molecule has 1 fully saturated rings. The third kappa shape index (κ3) is 6.68. The Bertz CT molecular complexity index is 1140. The number of furan rings is 1. The molecule has 9 heteroatoms. The van der Waals surface area contributed by atoms with E-state index < -0.39 is 0 Å². The summed E-state index contributed by atoms with van der Waals surface area (Å²) in [7, 11) is 1.58. The van der Waals surface area contributed by atoms with E-state index in [1.807, 2.05) is 0 Å². The van der Waals surface area contributed by atoms with Crippen LogP contribution in [0.15, 0.2) is 65.3 Å². The van der Waals surface area contributed by atoms with Crippen LogP contribution < -0.4 is 15.4 Å². The Morgan fingerprint density at radius 2 is 1.80 bits per heavy atom. The maximum Gasteiger partial charge on any atom is 0.253 e. The van der Waals surface area contributed by atoms with Gasteiger partial charge in [-0.2, -0.15) is 0 Å². The van der Waals surface area contributed by atoms with Crippen LogP contribution in [0.3, 0.4) is 0 Å². The van der Waals surface area contributed by atoms with E-state index in [2.05, 4.69) is 20.4 Å². The van der Waals surface area contributed by atoms with Crippen molar-refractivity contribution in [1.82, 2.24) is 15.1 Å². The predicted octanol–water partition coefficient (Wildman–Crippen LogP) is 3.11. The third-order valence-corrected chi connectivity index (χ3v) is 5.92. The molecule has 184 valence electrons. The average molecular weight is 481 g/mol. The van der Waals surface area contributed by atoms with Gasteiger partial charge in [-0.15, -0.1) is 0 Å². The molecule has 2 heterocycles. The van der Waals surface area contributed by atoms with Crippen LogP contribution in [0.5, 0.6) is 5.75 Å². The lowest BCUT2D eigenvalue weighted by Gasteiger charge is -2.34. The first kappa shape index (κ1) is 24.4. The molecule has 0 spiro atoms. The van der Waals surface area contributed by atoms with Crippen molar-refractivity contribution in [2.24, 2.45) is 0 Å². The molecule has 0 radical (unpaired) electrons. The number of methoxy groups -OCH3 is 1. The van der Waals surface area contributed by atoms with Crippen molar-refractivity contribution in [2.45, 2.75) is 13.1 Å². The fourth-order valence-electron chi connectivity index (χ4n) is 4.08. The number of piperazine rings is 1. The highest BCUT2D eigenvalue weighted by atomic mass is 19.1. The number of benzene rings is 2. The molecule has 4 rings (SSSR count). The molecule has 8 nitrogen and oxygen atoms in total. The van der Waals surface area contributed by atoms with Crippen molar-refractivity contribution in [2.75, 3.05) is 45.2 Å². The Morgan fingerprint density at radius 3 is 2.54 bits per heavy atom. The van der Waals surface area contributed by atoms with Gasteiger partial charge in [0.25, 0.3) is 5.91 Å². The summed E-state index contributed by atoms with van der Waals surface area (Å²) in [6, 6.07) is 15.0. The highest BCUT2D eigenvalue weighted by Crippen LogP contribution is 2.22. The van der Waals surface area contributed by atoms with Crippen LogP contribution in [0.2, 0.25) is 0 Å². The molecule has 2 N–H and O–H groups in total. The number of hydrogen-bond donors (Lipinski definition) is 2. The Labute approximate surface area is 203 Å². The summed E-state index contributed by atoms with van der Waals surface area (Å²) >= 11 is 0. The zero-order chi connectivity index (χ0) is 24.6. The summed E-state index contributed by atoms with van der Waals surface area (Å²) in [5.74, 6) is 0.552. The minimum absolute atomic E-state index is 0.184. The largest absolute Gasteiger partial charge is 0.496 e. The summed E-state index contributed by atoms with van der Waals surface area (Å²) in [6.07, 6.45) is 1.55. The van der Waals surface area contributed by atoms with E-state index in [1.165, 1.54) is 12.1 Å². The lowest BCUT2D eigenvalue weighted by molar-refractivity contribution is -0.117. The number of nitrogens with one attached hydrogen (secondary N) is 2. The van der Waals surface area contributed by atoms with Gasteiger partial charge >= 0.3 is 0 Å². The summed E-state index contributed by atoms with van der Waals surface area (Å²) in [4.78, 5) is 29.6. The molecule has 1 aliphatic rings. The molecule has 0 atom stereocenters. The normalized spacial score (nSPS) is 14.5. The SMILES string of the molecule is COc1ccc(F)cc1CN1CCN(CC(=O)Nc2ccccc2C(=O)NCc2ccco2)CC1. The summed E-state index contributed by atoms with van der Waals surface area (Å²) in [6.45, 7) is 3.98. The second-order valence-electron chi connectivity index (χ2n) is 8.36. The van der Waals surface area contributed by atoms with Crippen molar-refractivity contribution in [3.63, 3.8) is 0 Å². The van der Waals surface area contributed by atoms with Gasteiger partial charge in [-0.3, -0.25) is 19.4 Å². The average Bonchev–Trinajstić information content (AvgIpc) is 3.38. The number of hydrogen-bond acceptors (Lipinski definition) is 6. The number of para-hydroxylation sites is 1. The van der Waals surface area contributed by atoms with Crippen molar-refractivity contribution in [3.8, 4) is 5.75 Å². The van der Waals surface area contributed by atoms with Gasteiger partial charge in [0.15, 0.2) is 0 Å². The van der Waals surface area contributed by atoms with Gasteiger partial charge < -0.3 is 19.8 Å². The Kier molecular flexibility index (Phi) is 8.12. The van der Waals surface area contributed by atoms with E-state index in [-0.39, 0.29) is 30.7 Å². The third-order valence-electron chi connectivity index (χ3n) is 5.92. The van der Waals surface area contributed by atoms with Crippen LogP contribution in [0.25, 0.3) is 0 Å². The highest BCUT2D eigenvalue weighted by molar-refractivity contribution is 6.04. The fourth-order valence-corrected chi connectivity index (χ4v) is 4.08. The first-order valence-corrected chi connectivity index (χ1v) is 11.5. The summed E-state index contributed by atoms with van der Waals surface area (Å²) in [5.41, 5.74) is 1.66. The second-order valence-corrected chi connectivity index (χ2v) is 8.36. The van der Waals surface area contributed by atoms with E-state index in [9.17, 15) is 14.0 Å². The molecular weight excluding hydrogens is 451 g/mol. The topological polar surface area (TPSA) is 87.0 Å². The van der Waals surface area contributed by atoms with E-state index in [0.29, 0.717) is 42.4 Å².